The maximum absolute atomic E-state index is 5.79. The smallest absolute Gasteiger partial charge is 0.199 e. The van der Waals surface area contributed by atoms with Crippen molar-refractivity contribution >= 4 is 16.9 Å². The summed E-state index contributed by atoms with van der Waals surface area (Å²) >= 11 is 0. The molecular weight excluding hydrogens is 242 g/mol. The van der Waals surface area contributed by atoms with Crippen LogP contribution >= 0.6 is 0 Å². The van der Waals surface area contributed by atoms with E-state index in [4.69, 9.17) is 5.73 Å². The first-order valence-corrected chi connectivity index (χ1v) is 6.05. The maximum atomic E-state index is 5.79. The molecule has 0 atom stereocenters. The Kier molecular flexibility index (Phi) is 2.35. The van der Waals surface area contributed by atoms with Gasteiger partial charge in [0.25, 0.3) is 0 Å². The van der Waals surface area contributed by atoms with Crippen molar-refractivity contribution in [1.82, 2.24) is 19.9 Å². The highest BCUT2D eigenvalue weighted by Gasteiger charge is 2.25. The Labute approximate surface area is 110 Å². The van der Waals surface area contributed by atoms with E-state index in [-0.39, 0.29) is 11.4 Å². The van der Waals surface area contributed by atoms with E-state index in [0.717, 1.165) is 11.0 Å². The summed E-state index contributed by atoms with van der Waals surface area (Å²) in [4.78, 5) is 4.60. The van der Waals surface area contributed by atoms with Crippen molar-refractivity contribution in [3.63, 3.8) is 0 Å². The Morgan fingerprint density at radius 2 is 1.89 bits per heavy atom. The Balaban J connectivity index is 2.39. The van der Waals surface area contributed by atoms with Gasteiger partial charge in [0.2, 0.25) is 0 Å². The second-order valence-electron chi connectivity index (χ2n) is 5.43. The third-order valence-electron chi connectivity index (χ3n) is 2.96. The standard InChI is InChI=1S/C13H15N5O/c1-13(2,3)18-9-7-5-4-6-8(9)15-12(18)10-11(14)17-19-16-10/h4-7H,1-3H3,(H2,14,17). The van der Waals surface area contributed by atoms with Gasteiger partial charge in [0, 0.05) is 5.54 Å². The van der Waals surface area contributed by atoms with Gasteiger partial charge in [-0.1, -0.05) is 12.1 Å². The fourth-order valence-corrected chi connectivity index (χ4v) is 2.21. The molecule has 0 aliphatic rings. The van der Waals surface area contributed by atoms with Crippen LogP contribution in [0.2, 0.25) is 0 Å². The molecule has 19 heavy (non-hydrogen) atoms. The molecule has 0 spiro atoms. The van der Waals surface area contributed by atoms with Crippen molar-refractivity contribution in [3.8, 4) is 11.5 Å². The summed E-state index contributed by atoms with van der Waals surface area (Å²) in [5.41, 5.74) is 8.04. The molecule has 0 radical (unpaired) electrons. The number of aromatic nitrogens is 4. The molecule has 0 saturated carbocycles. The summed E-state index contributed by atoms with van der Waals surface area (Å²) < 4.78 is 6.78. The Morgan fingerprint density at radius 3 is 2.53 bits per heavy atom. The molecule has 1 aromatic carbocycles. The Bertz CT molecular complexity index is 735. The first-order valence-electron chi connectivity index (χ1n) is 6.05. The zero-order chi connectivity index (χ0) is 13.6. The number of anilines is 1. The van der Waals surface area contributed by atoms with Crippen LogP contribution in [-0.4, -0.2) is 19.9 Å². The lowest BCUT2D eigenvalue weighted by Gasteiger charge is -2.23. The Morgan fingerprint density at radius 1 is 1.16 bits per heavy atom. The number of para-hydroxylation sites is 2. The molecule has 6 nitrogen and oxygen atoms in total. The minimum absolute atomic E-state index is 0.156. The molecule has 0 bridgehead atoms. The van der Waals surface area contributed by atoms with E-state index in [1.54, 1.807) is 0 Å². The highest BCUT2D eigenvalue weighted by molar-refractivity contribution is 5.81. The summed E-state index contributed by atoms with van der Waals surface area (Å²) in [6, 6.07) is 7.93. The maximum Gasteiger partial charge on any atom is 0.199 e. The van der Waals surface area contributed by atoms with Gasteiger partial charge in [-0.3, -0.25) is 0 Å². The highest BCUT2D eigenvalue weighted by Crippen LogP contribution is 2.31. The van der Waals surface area contributed by atoms with E-state index < -0.39 is 0 Å². The van der Waals surface area contributed by atoms with Crippen molar-refractivity contribution in [3.05, 3.63) is 24.3 Å². The van der Waals surface area contributed by atoms with Crippen LogP contribution in [0.15, 0.2) is 28.9 Å². The van der Waals surface area contributed by atoms with Gasteiger partial charge >= 0.3 is 0 Å². The fraction of sp³-hybridized carbons (Fsp3) is 0.308. The number of hydrogen-bond acceptors (Lipinski definition) is 5. The molecule has 3 aromatic rings. The largest absolute Gasteiger partial charge is 0.379 e. The molecule has 0 fully saturated rings. The van der Waals surface area contributed by atoms with Crippen LogP contribution in [0.3, 0.4) is 0 Å². The summed E-state index contributed by atoms with van der Waals surface area (Å²) in [5, 5.41) is 7.49. The van der Waals surface area contributed by atoms with Gasteiger partial charge in [-0.05, 0) is 43.2 Å². The topological polar surface area (TPSA) is 82.8 Å². The number of fused-ring (bicyclic) bond motifs is 1. The molecule has 0 amide bonds. The second kappa shape index (κ2) is 3.81. The normalized spacial score (nSPS) is 12.2. The zero-order valence-electron chi connectivity index (χ0n) is 11.1. The van der Waals surface area contributed by atoms with Gasteiger partial charge in [0.15, 0.2) is 17.3 Å². The quantitative estimate of drug-likeness (QED) is 0.723. The van der Waals surface area contributed by atoms with Crippen molar-refractivity contribution < 1.29 is 4.63 Å². The number of benzene rings is 1. The summed E-state index contributed by atoms with van der Waals surface area (Å²) in [7, 11) is 0. The lowest BCUT2D eigenvalue weighted by molar-refractivity contribution is 0.309. The van der Waals surface area contributed by atoms with Gasteiger partial charge in [-0.15, -0.1) is 0 Å². The van der Waals surface area contributed by atoms with Crippen molar-refractivity contribution in [1.29, 1.82) is 0 Å². The van der Waals surface area contributed by atoms with Crippen molar-refractivity contribution in [2.45, 2.75) is 26.3 Å². The van der Waals surface area contributed by atoms with E-state index in [9.17, 15) is 0 Å². The van der Waals surface area contributed by atoms with E-state index in [1.165, 1.54) is 0 Å². The van der Waals surface area contributed by atoms with Gasteiger partial charge in [-0.25, -0.2) is 9.61 Å². The van der Waals surface area contributed by atoms with Crippen LogP contribution < -0.4 is 5.73 Å². The van der Waals surface area contributed by atoms with Crippen LogP contribution in [0.5, 0.6) is 0 Å². The minimum Gasteiger partial charge on any atom is -0.379 e. The molecular formula is C13H15N5O. The predicted molar refractivity (Wildman–Crippen MR) is 72.4 cm³/mol. The molecule has 0 aliphatic carbocycles. The third-order valence-corrected chi connectivity index (χ3v) is 2.96. The number of nitrogens with two attached hydrogens (primary N) is 1. The van der Waals surface area contributed by atoms with Crippen LogP contribution in [0.25, 0.3) is 22.6 Å². The number of rotatable bonds is 1. The van der Waals surface area contributed by atoms with Gasteiger partial charge in [0.1, 0.15) is 0 Å². The molecule has 0 aliphatic heterocycles. The van der Waals surface area contributed by atoms with Gasteiger partial charge in [0.05, 0.1) is 11.0 Å². The SMILES string of the molecule is CC(C)(C)n1c(-c2nonc2N)nc2ccccc21. The molecule has 98 valence electrons. The molecule has 2 N–H and O–H groups in total. The minimum atomic E-state index is -0.156. The first-order chi connectivity index (χ1) is 8.98. The Hall–Kier alpha value is -2.37. The predicted octanol–water partition coefficient (Wildman–Crippen LogP) is 2.42. The summed E-state index contributed by atoms with van der Waals surface area (Å²) in [5.74, 6) is 0.924. The number of nitrogens with zero attached hydrogens (tertiary/aromatic N) is 4. The summed E-state index contributed by atoms with van der Waals surface area (Å²) in [6.45, 7) is 6.32. The number of hydrogen-bond donors (Lipinski definition) is 1. The van der Waals surface area contributed by atoms with E-state index in [0.29, 0.717) is 11.5 Å². The number of nitrogen functional groups attached to an aromatic ring is 1. The lowest BCUT2D eigenvalue weighted by atomic mass is 10.1. The fourth-order valence-electron chi connectivity index (χ4n) is 2.21. The molecule has 6 heteroatoms. The third kappa shape index (κ3) is 1.76. The average Bonchev–Trinajstić information content (AvgIpc) is 2.90. The van der Waals surface area contributed by atoms with Crippen LogP contribution in [0.1, 0.15) is 20.8 Å². The molecule has 2 aromatic heterocycles. The number of imidazole rings is 1. The van der Waals surface area contributed by atoms with Gasteiger partial charge in [-0.2, -0.15) is 0 Å². The summed E-state index contributed by atoms with van der Waals surface area (Å²) in [6.07, 6.45) is 0. The van der Waals surface area contributed by atoms with E-state index >= 15 is 0 Å². The van der Waals surface area contributed by atoms with E-state index in [1.807, 2.05) is 24.3 Å². The van der Waals surface area contributed by atoms with Crippen LogP contribution in [-0.2, 0) is 5.54 Å². The highest BCUT2D eigenvalue weighted by atomic mass is 16.6. The van der Waals surface area contributed by atoms with Gasteiger partial charge < -0.3 is 10.3 Å². The van der Waals surface area contributed by atoms with Crippen LogP contribution in [0.4, 0.5) is 5.82 Å². The van der Waals surface area contributed by atoms with Crippen molar-refractivity contribution in [2.75, 3.05) is 5.73 Å². The average molecular weight is 257 g/mol. The zero-order valence-corrected chi connectivity index (χ0v) is 11.1. The van der Waals surface area contributed by atoms with Crippen molar-refractivity contribution in [2.24, 2.45) is 0 Å². The molecule has 0 saturated heterocycles. The van der Waals surface area contributed by atoms with Crippen LogP contribution in [0, 0.1) is 0 Å². The second-order valence-corrected chi connectivity index (χ2v) is 5.43. The molecule has 2 heterocycles. The first kappa shape index (κ1) is 11.7. The van der Waals surface area contributed by atoms with E-state index in [2.05, 4.69) is 45.3 Å². The molecule has 3 rings (SSSR count). The lowest BCUT2D eigenvalue weighted by Crippen LogP contribution is -2.22. The molecule has 0 unspecified atom stereocenters. The monoisotopic (exact) mass is 257 g/mol.